The van der Waals surface area contributed by atoms with Gasteiger partial charge in [-0.3, -0.25) is 14.5 Å². The number of H-pyrrole nitrogens is 1. The summed E-state index contributed by atoms with van der Waals surface area (Å²) in [4.78, 5) is 34.6. The minimum absolute atomic E-state index is 0.0905. The van der Waals surface area contributed by atoms with Crippen molar-refractivity contribution in [2.45, 2.75) is 18.9 Å². The number of amides is 1. The number of nitrogens with zero attached hydrogens (tertiary/aromatic N) is 3. The first kappa shape index (κ1) is 15.0. The number of piperazine rings is 1. The van der Waals surface area contributed by atoms with Crippen LogP contribution < -0.4 is 0 Å². The maximum Gasteiger partial charge on any atom is 0.326 e. The number of carbonyl (C=O) groups excluding carboxylic acids is 1. The zero-order valence-corrected chi connectivity index (χ0v) is 12.5. The first-order valence-corrected chi connectivity index (χ1v) is 7.40. The van der Waals surface area contributed by atoms with Crippen molar-refractivity contribution >= 4 is 11.9 Å². The van der Waals surface area contributed by atoms with Gasteiger partial charge in [-0.1, -0.05) is 0 Å². The van der Waals surface area contributed by atoms with E-state index in [0.29, 0.717) is 50.7 Å². The number of rotatable bonds is 3. The summed E-state index contributed by atoms with van der Waals surface area (Å²) < 4.78 is 5.31. The molecule has 2 N–H and O–H groups in total. The third kappa shape index (κ3) is 2.48. The zero-order valence-electron chi connectivity index (χ0n) is 12.5. The maximum atomic E-state index is 12.3. The highest BCUT2D eigenvalue weighted by Gasteiger charge is 2.48. The zero-order chi connectivity index (χ0) is 15.7. The van der Waals surface area contributed by atoms with Gasteiger partial charge in [-0.05, 0) is 6.92 Å². The van der Waals surface area contributed by atoms with Crippen LogP contribution >= 0.6 is 0 Å². The molecular weight excluding hydrogens is 288 g/mol. The fourth-order valence-corrected chi connectivity index (χ4v) is 3.14. The van der Waals surface area contributed by atoms with Crippen LogP contribution in [0.1, 0.15) is 22.7 Å². The number of aryl methyl sites for hydroxylation is 1. The van der Waals surface area contributed by atoms with Gasteiger partial charge in [0.2, 0.25) is 0 Å². The second-order valence-corrected chi connectivity index (χ2v) is 5.80. The quantitative estimate of drug-likeness (QED) is 0.797. The molecule has 0 aliphatic carbocycles. The van der Waals surface area contributed by atoms with Crippen LogP contribution in [-0.2, 0) is 9.53 Å². The predicted molar refractivity (Wildman–Crippen MR) is 76.6 cm³/mol. The highest BCUT2D eigenvalue weighted by molar-refractivity contribution is 5.92. The van der Waals surface area contributed by atoms with Gasteiger partial charge in [0.25, 0.3) is 5.91 Å². The Morgan fingerprint density at radius 2 is 2.09 bits per heavy atom. The first-order chi connectivity index (χ1) is 10.5. The van der Waals surface area contributed by atoms with Crippen LogP contribution in [0.2, 0.25) is 0 Å². The van der Waals surface area contributed by atoms with Gasteiger partial charge in [0, 0.05) is 39.2 Å². The predicted octanol–water partition coefficient (Wildman–Crippen LogP) is -0.280. The molecule has 8 heteroatoms. The fraction of sp³-hybridized carbons (Fsp3) is 0.643. The van der Waals surface area contributed by atoms with Gasteiger partial charge in [-0.15, -0.1) is 0 Å². The average Bonchev–Trinajstić information content (AvgIpc) is 3.16. The number of imidazole rings is 1. The Morgan fingerprint density at radius 3 is 2.59 bits per heavy atom. The van der Waals surface area contributed by atoms with Crippen molar-refractivity contribution in [1.29, 1.82) is 0 Å². The normalized spacial score (nSPS) is 26.3. The molecule has 0 aromatic carbocycles. The molecule has 0 bridgehead atoms. The molecule has 2 aliphatic heterocycles. The van der Waals surface area contributed by atoms with E-state index < -0.39 is 11.5 Å². The molecule has 0 radical (unpaired) electrons. The van der Waals surface area contributed by atoms with Crippen LogP contribution in [0.3, 0.4) is 0 Å². The smallest absolute Gasteiger partial charge is 0.326 e. The van der Waals surface area contributed by atoms with Crippen molar-refractivity contribution in [3.8, 4) is 0 Å². The molecule has 1 unspecified atom stereocenters. The van der Waals surface area contributed by atoms with Crippen molar-refractivity contribution in [2.24, 2.45) is 0 Å². The van der Waals surface area contributed by atoms with Crippen LogP contribution in [0.15, 0.2) is 6.20 Å². The molecule has 120 valence electrons. The number of aliphatic carboxylic acids is 1. The van der Waals surface area contributed by atoms with Crippen LogP contribution in [0.4, 0.5) is 0 Å². The fourth-order valence-electron chi connectivity index (χ4n) is 3.14. The van der Waals surface area contributed by atoms with Gasteiger partial charge in [0.15, 0.2) is 0 Å². The molecule has 1 amide bonds. The number of carboxylic acid groups (broad SMARTS) is 1. The van der Waals surface area contributed by atoms with Crippen molar-refractivity contribution in [3.05, 3.63) is 17.7 Å². The lowest BCUT2D eigenvalue weighted by atomic mass is 9.95. The van der Waals surface area contributed by atoms with Gasteiger partial charge in [0.1, 0.15) is 17.1 Å². The van der Waals surface area contributed by atoms with Gasteiger partial charge < -0.3 is 19.7 Å². The van der Waals surface area contributed by atoms with E-state index in [9.17, 15) is 14.7 Å². The van der Waals surface area contributed by atoms with Crippen molar-refractivity contribution in [2.75, 3.05) is 39.4 Å². The van der Waals surface area contributed by atoms with E-state index in [1.165, 1.54) is 6.20 Å². The van der Waals surface area contributed by atoms with Crippen LogP contribution in [0, 0.1) is 6.92 Å². The van der Waals surface area contributed by atoms with E-state index in [2.05, 4.69) is 9.97 Å². The Hall–Kier alpha value is -1.93. The molecule has 8 nitrogen and oxygen atoms in total. The Labute approximate surface area is 128 Å². The largest absolute Gasteiger partial charge is 0.480 e. The number of hydrogen-bond donors (Lipinski definition) is 2. The molecule has 0 spiro atoms. The number of carbonyl (C=O) groups is 2. The lowest BCUT2D eigenvalue weighted by Crippen LogP contribution is -2.61. The summed E-state index contributed by atoms with van der Waals surface area (Å²) >= 11 is 0. The highest BCUT2D eigenvalue weighted by Crippen LogP contribution is 2.28. The second-order valence-electron chi connectivity index (χ2n) is 5.80. The minimum Gasteiger partial charge on any atom is -0.480 e. The van der Waals surface area contributed by atoms with Crippen molar-refractivity contribution in [3.63, 3.8) is 0 Å². The van der Waals surface area contributed by atoms with Crippen LogP contribution in [-0.4, -0.2) is 81.7 Å². The van der Waals surface area contributed by atoms with Crippen LogP contribution in [0.25, 0.3) is 0 Å². The number of ether oxygens (including phenoxy) is 1. The standard InChI is InChI=1S/C14H20N4O4/c1-10-15-8-11(16-10)12(19)17-3-5-18(6-4-17)14(13(20)21)2-7-22-9-14/h8H,2-7,9H2,1H3,(H,15,16)(H,20,21). The van der Waals surface area contributed by atoms with E-state index in [0.717, 1.165) is 0 Å². The third-order valence-corrected chi connectivity index (χ3v) is 4.50. The van der Waals surface area contributed by atoms with Crippen molar-refractivity contribution in [1.82, 2.24) is 19.8 Å². The van der Waals surface area contributed by atoms with E-state index >= 15 is 0 Å². The molecule has 1 aromatic rings. The van der Waals surface area contributed by atoms with Gasteiger partial charge in [-0.2, -0.15) is 0 Å². The molecule has 1 aromatic heterocycles. The number of aromatic amines is 1. The number of aromatic nitrogens is 2. The molecule has 2 fully saturated rings. The molecule has 22 heavy (non-hydrogen) atoms. The third-order valence-electron chi connectivity index (χ3n) is 4.50. The summed E-state index contributed by atoms with van der Waals surface area (Å²) in [5, 5.41) is 9.56. The molecule has 1 atom stereocenters. The summed E-state index contributed by atoms with van der Waals surface area (Å²) in [6, 6.07) is 0. The lowest BCUT2D eigenvalue weighted by molar-refractivity contribution is -0.152. The second kappa shape index (κ2) is 5.69. The average molecular weight is 308 g/mol. The Kier molecular flexibility index (Phi) is 3.88. The molecule has 2 saturated heterocycles. The summed E-state index contributed by atoms with van der Waals surface area (Å²) in [6.07, 6.45) is 2.03. The first-order valence-electron chi connectivity index (χ1n) is 7.40. The molecule has 0 saturated carbocycles. The van der Waals surface area contributed by atoms with Crippen molar-refractivity contribution < 1.29 is 19.4 Å². The number of hydrogen-bond acceptors (Lipinski definition) is 5. The Morgan fingerprint density at radius 1 is 1.36 bits per heavy atom. The SMILES string of the molecule is Cc1ncc(C(=O)N2CCN(C3(C(=O)O)CCOC3)CC2)[nH]1. The number of nitrogens with one attached hydrogen (secondary N) is 1. The summed E-state index contributed by atoms with van der Waals surface area (Å²) in [6.45, 7) is 4.57. The molecule has 3 heterocycles. The Bertz CT molecular complexity index is 571. The molecule has 2 aliphatic rings. The van der Waals surface area contributed by atoms with E-state index in [1.54, 1.807) is 11.8 Å². The molecule has 3 rings (SSSR count). The van der Waals surface area contributed by atoms with E-state index in [4.69, 9.17) is 4.74 Å². The monoisotopic (exact) mass is 308 g/mol. The van der Waals surface area contributed by atoms with Gasteiger partial charge >= 0.3 is 5.97 Å². The summed E-state index contributed by atoms with van der Waals surface area (Å²) in [5.74, 6) is -0.226. The summed E-state index contributed by atoms with van der Waals surface area (Å²) in [5.41, 5.74) is -0.456. The maximum absolute atomic E-state index is 12.3. The topological polar surface area (TPSA) is 98.8 Å². The minimum atomic E-state index is -0.931. The summed E-state index contributed by atoms with van der Waals surface area (Å²) in [7, 11) is 0. The van der Waals surface area contributed by atoms with E-state index in [-0.39, 0.29) is 12.5 Å². The van der Waals surface area contributed by atoms with Gasteiger partial charge in [-0.25, -0.2) is 4.98 Å². The number of carboxylic acids is 1. The highest BCUT2D eigenvalue weighted by atomic mass is 16.5. The Balaban J connectivity index is 1.65. The van der Waals surface area contributed by atoms with Crippen LogP contribution in [0.5, 0.6) is 0 Å². The van der Waals surface area contributed by atoms with Gasteiger partial charge in [0.05, 0.1) is 12.8 Å². The lowest BCUT2D eigenvalue weighted by Gasteiger charge is -2.42. The van der Waals surface area contributed by atoms with E-state index in [1.807, 2.05) is 4.90 Å². The molecular formula is C14H20N4O4.